The van der Waals surface area contributed by atoms with Crippen molar-refractivity contribution in [2.24, 2.45) is 0 Å². The molecule has 0 spiro atoms. The molecule has 0 aliphatic carbocycles. The van der Waals surface area contributed by atoms with Crippen molar-refractivity contribution in [2.45, 2.75) is 38.3 Å². The molecule has 0 unspecified atom stereocenters. The molecular formula is C24H22F5N5O2. The number of rotatable bonds is 5. The lowest BCUT2D eigenvalue weighted by molar-refractivity contribution is -0.140. The van der Waals surface area contributed by atoms with E-state index in [-0.39, 0.29) is 23.3 Å². The summed E-state index contributed by atoms with van der Waals surface area (Å²) >= 11 is 0. The summed E-state index contributed by atoms with van der Waals surface area (Å²) < 4.78 is 69.0. The zero-order valence-corrected chi connectivity index (χ0v) is 19.1. The van der Waals surface area contributed by atoms with E-state index in [2.05, 4.69) is 15.3 Å². The van der Waals surface area contributed by atoms with Crippen LogP contribution in [-0.2, 0) is 22.2 Å². The second-order valence-corrected chi connectivity index (χ2v) is 8.54. The molecule has 1 atom stereocenters. The van der Waals surface area contributed by atoms with Crippen LogP contribution >= 0.6 is 0 Å². The maximum Gasteiger partial charge on any atom is 0.419 e. The summed E-state index contributed by atoms with van der Waals surface area (Å²) in [6.45, 7) is 2.73. The van der Waals surface area contributed by atoms with Crippen LogP contribution in [0.2, 0.25) is 0 Å². The molecule has 190 valence electrons. The standard InChI is InChI=1S/C24H22F5N5O2/c1-14(35)33-7-3-5-16(11-33)20-12-34(13-31-20)23-19(25)9-17(10-30-23)32-21(36)8-15-4-2-6-18(22(15)26)24(27,28)29/h2,4,6,9-10,12-13,16H,3,5,7-8,11H2,1H3,(H,32,36)/t16-/m1/s1. The van der Waals surface area contributed by atoms with Crippen molar-refractivity contribution in [2.75, 3.05) is 18.4 Å². The van der Waals surface area contributed by atoms with Crippen molar-refractivity contribution < 1.29 is 31.5 Å². The third kappa shape index (κ3) is 5.52. The highest BCUT2D eigenvalue weighted by Gasteiger charge is 2.35. The lowest BCUT2D eigenvalue weighted by Gasteiger charge is -2.31. The summed E-state index contributed by atoms with van der Waals surface area (Å²) in [5.74, 6) is -3.22. The van der Waals surface area contributed by atoms with Gasteiger partial charge in [0.05, 0.1) is 29.6 Å². The summed E-state index contributed by atoms with van der Waals surface area (Å²) in [7, 11) is 0. The largest absolute Gasteiger partial charge is 0.419 e. The smallest absolute Gasteiger partial charge is 0.342 e. The molecule has 1 aliphatic rings. The van der Waals surface area contributed by atoms with E-state index < -0.39 is 41.3 Å². The molecule has 0 saturated carbocycles. The minimum atomic E-state index is -4.89. The van der Waals surface area contributed by atoms with Crippen molar-refractivity contribution in [3.8, 4) is 5.82 Å². The quantitative estimate of drug-likeness (QED) is 0.517. The zero-order valence-electron chi connectivity index (χ0n) is 19.1. The second-order valence-electron chi connectivity index (χ2n) is 8.54. The summed E-state index contributed by atoms with van der Waals surface area (Å²) in [5.41, 5.74) is -1.25. The van der Waals surface area contributed by atoms with Crippen LogP contribution < -0.4 is 5.32 Å². The Hall–Kier alpha value is -3.83. The van der Waals surface area contributed by atoms with Gasteiger partial charge in [-0.3, -0.25) is 14.2 Å². The maximum absolute atomic E-state index is 14.8. The highest BCUT2D eigenvalue weighted by Crippen LogP contribution is 2.32. The van der Waals surface area contributed by atoms with Gasteiger partial charge in [0.15, 0.2) is 11.6 Å². The number of imidazole rings is 1. The fraction of sp³-hybridized carbons (Fsp3) is 0.333. The van der Waals surface area contributed by atoms with E-state index in [1.54, 1.807) is 11.1 Å². The van der Waals surface area contributed by atoms with Gasteiger partial charge < -0.3 is 10.2 Å². The Kier molecular flexibility index (Phi) is 7.04. The Bertz CT molecular complexity index is 1290. The molecular weight excluding hydrogens is 485 g/mol. The average Bonchev–Trinajstić information content (AvgIpc) is 3.30. The Morgan fingerprint density at radius 1 is 1.19 bits per heavy atom. The van der Waals surface area contributed by atoms with Crippen molar-refractivity contribution >= 4 is 17.5 Å². The summed E-state index contributed by atoms with van der Waals surface area (Å²) in [6.07, 6.45) is 0.322. The van der Waals surface area contributed by atoms with Gasteiger partial charge in [-0.05, 0) is 24.5 Å². The van der Waals surface area contributed by atoms with Crippen molar-refractivity contribution in [1.29, 1.82) is 0 Å². The average molecular weight is 507 g/mol. The first-order valence-corrected chi connectivity index (χ1v) is 11.1. The van der Waals surface area contributed by atoms with Gasteiger partial charge in [0.25, 0.3) is 0 Å². The minimum absolute atomic E-state index is 0.0136. The minimum Gasteiger partial charge on any atom is -0.342 e. The van der Waals surface area contributed by atoms with Gasteiger partial charge in [0.2, 0.25) is 11.8 Å². The molecule has 12 heteroatoms. The number of amides is 2. The molecule has 1 saturated heterocycles. The van der Waals surface area contributed by atoms with Crippen molar-refractivity contribution in [1.82, 2.24) is 19.4 Å². The Balaban J connectivity index is 1.44. The van der Waals surface area contributed by atoms with E-state index in [1.165, 1.54) is 24.0 Å². The number of pyridine rings is 1. The topological polar surface area (TPSA) is 80.1 Å². The SMILES string of the molecule is CC(=O)N1CCC[C@@H](c2cn(-c3ncc(NC(=O)Cc4cccc(C(F)(F)F)c4F)cc3F)cn2)C1. The van der Waals surface area contributed by atoms with Gasteiger partial charge in [0, 0.05) is 38.2 Å². The van der Waals surface area contributed by atoms with Crippen LogP contribution in [0.5, 0.6) is 0 Å². The summed E-state index contributed by atoms with van der Waals surface area (Å²) in [6, 6.07) is 3.67. The summed E-state index contributed by atoms with van der Waals surface area (Å²) in [5, 5.41) is 2.32. The Morgan fingerprint density at radius 3 is 2.67 bits per heavy atom. The lowest BCUT2D eigenvalue weighted by atomic mass is 9.95. The number of nitrogens with one attached hydrogen (secondary N) is 1. The molecule has 36 heavy (non-hydrogen) atoms. The van der Waals surface area contributed by atoms with Gasteiger partial charge in [0.1, 0.15) is 12.1 Å². The van der Waals surface area contributed by atoms with Gasteiger partial charge >= 0.3 is 6.18 Å². The maximum atomic E-state index is 14.8. The van der Waals surface area contributed by atoms with Gasteiger partial charge in [-0.15, -0.1) is 0 Å². The number of halogens is 5. The van der Waals surface area contributed by atoms with Crippen LogP contribution in [0.25, 0.3) is 5.82 Å². The first-order chi connectivity index (χ1) is 17.0. The molecule has 1 aliphatic heterocycles. The van der Waals surface area contributed by atoms with Crippen molar-refractivity contribution in [3.63, 3.8) is 0 Å². The number of carbonyl (C=O) groups excluding carboxylic acids is 2. The summed E-state index contributed by atoms with van der Waals surface area (Å²) in [4.78, 5) is 34.0. The molecule has 1 N–H and O–H groups in total. The molecule has 1 aromatic carbocycles. The molecule has 2 aromatic heterocycles. The van der Waals surface area contributed by atoms with Gasteiger partial charge in [-0.2, -0.15) is 13.2 Å². The molecule has 2 amide bonds. The number of alkyl halides is 3. The molecule has 0 radical (unpaired) electrons. The van der Waals surface area contributed by atoms with Crippen LogP contribution in [-0.4, -0.2) is 44.3 Å². The van der Waals surface area contributed by atoms with Gasteiger partial charge in [-0.1, -0.05) is 12.1 Å². The van der Waals surface area contributed by atoms with E-state index in [0.29, 0.717) is 24.8 Å². The van der Waals surface area contributed by atoms with Crippen LogP contribution in [0.15, 0.2) is 43.0 Å². The van der Waals surface area contributed by atoms with E-state index >= 15 is 0 Å². The third-order valence-corrected chi connectivity index (χ3v) is 5.97. The molecule has 0 bridgehead atoms. The van der Waals surface area contributed by atoms with Crippen LogP contribution in [0.4, 0.5) is 27.6 Å². The van der Waals surface area contributed by atoms with Crippen LogP contribution in [0, 0.1) is 11.6 Å². The fourth-order valence-corrected chi connectivity index (χ4v) is 4.17. The second kappa shape index (κ2) is 10.0. The predicted octanol–water partition coefficient (Wildman–Crippen LogP) is 4.47. The molecule has 7 nitrogen and oxygen atoms in total. The Morgan fingerprint density at radius 2 is 1.97 bits per heavy atom. The van der Waals surface area contributed by atoms with E-state index in [1.807, 2.05) is 0 Å². The zero-order chi connectivity index (χ0) is 26.0. The Labute approximate surface area is 203 Å². The highest BCUT2D eigenvalue weighted by molar-refractivity contribution is 5.92. The first-order valence-electron chi connectivity index (χ1n) is 11.1. The number of hydrogen-bond donors (Lipinski definition) is 1. The number of piperidine rings is 1. The normalized spacial score (nSPS) is 16.2. The van der Waals surface area contributed by atoms with E-state index in [9.17, 15) is 31.5 Å². The fourth-order valence-electron chi connectivity index (χ4n) is 4.17. The number of nitrogens with zero attached hydrogens (tertiary/aromatic N) is 4. The van der Waals surface area contributed by atoms with E-state index in [0.717, 1.165) is 31.0 Å². The van der Waals surface area contributed by atoms with Crippen molar-refractivity contribution in [3.05, 3.63) is 71.4 Å². The number of hydrogen-bond acceptors (Lipinski definition) is 4. The van der Waals surface area contributed by atoms with Crippen LogP contribution in [0.1, 0.15) is 42.5 Å². The number of likely N-dealkylation sites (tertiary alicyclic amines) is 1. The first kappa shape index (κ1) is 25.3. The predicted molar refractivity (Wildman–Crippen MR) is 119 cm³/mol. The highest BCUT2D eigenvalue weighted by atomic mass is 19.4. The third-order valence-electron chi connectivity index (χ3n) is 5.97. The number of benzene rings is 1. The molecule has 1 fully saturated rings. The number of aromatic nitrogens is 3. The molecule has 4 rings (SSSR count). The number of anilines is 1. The van der Waals surface area contributed by atoms with Crippen LogP contribution in [0.3, 0.4) is 0 Å². The molecule has 3 heterocycles. The monoisotopic (exact) mass is 507 g/mol. The molecule has 3 aromatic rings. The van der Waals surface area contributed by atoms with Gasteiger partial charge in [-0.25, -0.2) is 18.7 Å². The number of carbonyl (C=O) groups is 2. The van der Waals surface area contributed by atoms with E-state index in [4.69, 9.17) is 0 Å². The lowest BCUT2D eigenvalue weighted by Crippen LogP contribution is -2.37.